The average Bonchev–Trinajstić information content (AvgIpc) is 2.51. The van der Waals surface area contributed by atoms with E-state index in [-0.39, 0.29) is 16.0 Å². The van der Waals surface area contributed by atoms with Crippen LogP contribution >= 0.6 is 23.2 Å². The first-order valence-corrected chi connectivity index (χ1v) is 6.59. The smallest absolute Gasteiger partial charge is 0.259 e. The van der Waals surface area contributed by atoms with Crippen LogP contribution in [0, 0.1) is 0 Å². The summed E-state index contributed by atoms with van der Waals surface area (Å²) in [5.41, 5.74) is 1.48. The first kappa shape index (κ1) is 13.7. The van der Waals surface area contributed by atoms with Crippen molar-refractivity contribution in [1.82, 2.24) is 19.9 Å². The van der Waals surface area contributed by atoms with Crippen LogP contribution in [-0.2, 0) is 0 Å². The minimum atomic E-state index is -0.405. The maximum atomic E-state index is 12.4. The molecule has 1 aromatic carbocycles. The highest BCUT2D eigenvalue weighted by Crippen LogP contribution is 2.26. The Morgan fingerprint density at radius 1 is 1.05 bits per heavy atom. The van der Waals surface area contributed by atoms with Crippen molar-refractivity contribution < 1.29 is 4.79 Å². The van der Waals surface area contributed by atoms with Gasteiger partial charge in [-0.25, -0.2) is 9.97 Å². The monoisotopic (exact) mass is 319 g/mol. The number of rotatable bonds is 2. The number of fused-ring (bicyclic) bond motifs is 1. The lowest BCUT2D eigenvalue weighted by atomic mass is 10.1. The van der Waals surface area contributed by atoms with E-state index in [1.54, 1.807) is 24.4 Å². The van der Waals surface area contributed by atoms with Crippen molar-refractivity contribution in [1.29, 1.82) is 0 Å². The molecule has 6 nitrogen and oxygen atoms in total. The number of carbonyl (C=O) groups excluding carboxylic acids is 1. The molecule has 0 aliphatic rings. The quantitative estimate of drug-likeness (QED) is 0.734. The molecule has 1 amide bonds. The van der Waals surface area contributed by atoms with E-state index < -0.39 is 5.91 Å². The van der Waals surface area contributed by atoms with E-state index in [0.717, 1.165) is 0 Å². The van der Waals surface area contributed by atoms with Crippen LogP contribution in [0.25, 0.3) is 11.0 Å². The standard InChI is InChI=1S/C13H7Cl2N5O/c14-9-11(15)18-6-19-12(9)20-13(21)7-2-1-3-8-10(7)17-5-4-16-8/h1-6H,(H,18,19,20,21). The third kappa shape index (κ3) is 2.63. The number of hydrogen-bond acceptors (Lipinski definition) is 5. The molecule has 2 aromatic heterocycles. The van der Waals surface area contributed by atoms with Gasteiger partial charge in [-0.15, -0.1) is 0 Å². The van der Waals surface area contributed by atoms with Crippen LogP contribution < -0.4 is 5.32 Å². The predicted octanol–water partition coefficient (Wildman–Crippen LogP) is 2.98. The minimum Gasteiger partial charge on any atom is -0.305 e. The van der Waals surface area contributed by atoms with Gasteiger partial charge in [-0.3, -0.25) is 14.8 Å². The molecule has 3 rings (SSSR count). The summed E-state index contributed by atoms with van der Waals surface area (Å²) in [5, 5.41) is 2.74. The number of nitrogens with zero attached hydrogens (tertiary/aromatic N) is 4. The van der Waals surface area contributed by atoms with Gasteiger partial charge in [-0.05, 0) is 12.1 Å². The third-order valence-electron chi connectivity index (χ3n) is 2.72. The molecular formula is C13H7Cl2N5O. The zero-order valence-corrected chi connectivity index (χ0v) is 11.9. The van der Waals surface area contributed by atoms with Crippen LogP contribution in [0.15, 0.2) is 36.9 Å². The molecule has 1 N–H and O–H groups in total. The molecular weight excluding hydrogens is 313 g/mol. The second-order valence-electron chi connectivity index (χ2n) is 4.01. The molecule has 0 spiro atoms. The normalized spacial score (nSPS) is 10.6. The van der Waals surface area contributed by atoms with Crippen LogP contribution in [0.5, 0.6) is 0 Å². The Hall–Kier alpha value is -2.31. The van der Waals surface area contributed by atoms with E-state index in [2.05, 4.69) is 25.3 Å². The molecule has 0 atom stereocenters. The van der Waals surface area contributed by atoms with Crippen LogP contribution in [0.2, 0.25) is 10.2 Å². The molecule has 104 valence electrons. The van der Waals surface area contributed by atoms with Gasteiger partial charge in [0.25, 0.3) is 5.91 Å². The second kappa shape index (κ2) is 5.59. The number of nitrogens with one attached hydrogen (secondary N) is 1. The van der Waals surface area contributed by atoms with Crippen molar-refractivity contribution in [2.24, 2.45) is 0 Å². The molecule has 2 heterocycles. The Labute approximate surface area is 129 Å². The summed E-state index contributed by atoms with van der Waals surface area (Å²) < 4.78 is 0. The Balaban J connectivity index is 2.00. The van der Waals surface area contributed by atoms with E-state index in [1.165, 1.54) is 12.5 Å². The maximum absolute atomic E-state index is 12.4. The highest BCUT2D eigenvalue weighted by atomic mass is 35.5. The van der Waals surface area contributed by atoms with Gasteiger partial charge in [0.15, 0.2) is 11.0 Å². The number of hydrogen-bond donors (Lipinski definition) is 1. The number of aromatic nitrogens is 4. The highest BCUT2D eigenvalue weighted by molar-refractivity contribution is 6.43. The number of para-hydroxylation sites is 1. The lowest BCUT2D eigenvalue weighted by molar-refractivity contribution is 0.102. The highest BCUT2D eigenvalue weighted by Gasteiger charge is 2.15. The van der Waals surface area contributed by atoms with Gasteiger partial charge in [0.1, 0.15) is 16.9 Å². The summed E-state index contributed by atoms with van der Waals surface area (Å²) in [7, 11) is 0. The van der Waals surface area contributed by atoms with E-state index in [9.17, 15) is 4.79 Å². The van der Waals surface area contributed by atoms with Crippen molar-refractivity contribution in [2.75, 3.05) is 5.32 Å². The summed E-state index contributed by atoms with van der Waals surface area (Å²) in [6.45, 7) is 0. The van der Waals surface area contributed by atoms with E-state index in [4.69, 9.17) is 23.2 Å². The number of amides is 1. The molecule has 0 bridgehead atoms. The van der Waals surface area contributed by atoms with Gasteiger partial charge in [0.2, 0.25) is 0 Å². The average molecular weight is 320 g/mol. The van der Waals surface area contributed by atoms with Gasteiger partial charge in [-0.1, -0.05) is 29.3 Å². The minimum absolute atomic E-state index is 0.0691. The zero-order chi connectivity index (χ0) is 14.8. The van der Waals surface area contributed by atoms with Crippen molar-refractivity contribution in [3.05, 3.63) is 52.7 Å². The van der Waals surface area contributed by atoms with Crippen LogP contribution in [0.3, 0.4) is 0 Å². The Morgan fingerprint density at radius 3 is 2.71 bits per heavy atom. The first-order chi connectivity index (χ1) is 10.2. The SMILES string of the molecule is O=C(Nc1ncnc(Cl)c1Cl)c1cccc2nccnc12. The molecule has 3 aromatic rings. The van der Waals surface area contributed by atoms with Gasteiger partial charge in [0.05, 0.1) is 11.1 Å². The molecule has 0 fully saturated rings. The molecule has 0 saturated carbocycles. The Bertz CT molecular complexity index is 834. The molecule has 0 saturated heterocycles. The lowest BCUT2D eigenvalue weighted by Gasteiger charge is -2.07. The summed E-state index contributed by atoms with van der Waals surface area (Å²) in [4.78, 5) is 28.3. The summed E-state index contributed by atoms with van der Waals surface area (Å²) in [6.07, 6.45) is 4.30. The largest absolute Gasteiger partial charge is 0.305 e. The van der Waals surface area contributed by atoms with E-state index in [1.807, 2.05) is 0 Å². The topological polar surface area (TPSA) is 80.7 Å². The van der Waals surface area contributed by atoms with Gasteiger partial charge in [-0.2, -0.15) is 0 Å². The van der Waals surface area contributed by atoms with Crippen molar-refractivity contribution in [2.45, 2.75) is 0 Å². The molecule has 0 unspecified atom stereocenters. The van der Waals surface area contributed by atoms with Crippen molar-refractivity contribution in [3.8, 4) is 0 Å². The van der Waals surface area contributed by atoms with Crippen LogP contribution in [0.4, 0.5) is 5.82 Å². The van der Waals surface area contributed by atoms with E-state index in [0.29, 0.717) is 16.6 Å². The van der Waals surface area contributed by atoms with Crippen LogP contribution in [-0.4, -0.2) is 25.8 Å². The predicted molar refractivity (Wildman–Crippen MR) is 79.5 cm³/mol. The Morgan fingerprint density at radius 2 is 1.86 bits per heavy atom. The van der Waals surface area contributed by atoms with Crippen LogP contribution in [0.1, 0.15) is 10.4 Å². The number of anilines is 1. The molecule has 8 heteroatoms. The molecule has 0 aliphatic carbocycles. The van der Waals surface area contributed by atoms with Crippen molar-refractivity contribution >= 4 is 46.0 Å². The molecule has 0 aliphatic heterocycles. The number of benzene rings is 1. The zero-order valence-electron chi connectivity index (χ0n) is 10.4. The second-order valence-corrected chi connectivity index (χ2v) is 4.75. The van der Waals surface area contributed by atoms with E-state index >= 15 is 0 Å². The third-order valence-corrected chi connectivity index (χ3v) is 3.46. The summed E-state index contributed by atoms with van der Waals surface area (Å²) in [5.74, 6) is -0.264. The van der Waals surface area contributed by atoms with Crippen molar-refractivity contribution in [3.63, 3.8) is 0 Å². The van der Waals surface area contributed by atoms with Gasteiger partial charge < -0.3 is 5.32 Å². The molecule has 21 heavy (non-hydrogen) atoms. The first-order valence-electron chi connectivity index (χ1n) is 5.84. The fraction of sp³-hybridized carbons (Fsp3) is 0. The molecule has 0 radical (unpaired) electrons. The Kier molecular flexibility index (Phi) is 3.64. The number of halogens is 2. The lowest BCUT2D eigenvalue weighted by Crippen LogP contribution is -2.14. The fourth-order valence-electron chi connectivity index (χ4n) is 1.79. The van der Waals surface area contributed by atoms with Gasteiger partial charge in [0, 0.05) is 12.4 Å². The summed E-state index contributed by atoms with van der Waals surface area (Å²) in [6, 6.07) is 5.14. The summed E-state index contributed by atoms with van der Waals surface area (Å²) >= 11 is 11.7. The van der Waals surface area contributed by atoms with Gasteiger partial charge >= 0.3 is 0 Å². The maximum Gasteiger partial charge on any atom is 0.259 e. The number of carbonyl (C=O) groups is 1. The fourth-order valence-corrected chi connectivity index (χ4v) is 2.06.